The number of halogens is 2. The largest absolute Gasteiger partial charge is 0.343 e. The van der Waals surface area contributed by atoms with Gasteiger partial charge in [0.15, 0.2) is 9.84 Å². The van der Waals surface area contributed by atoms with Crippen LogP contribution in [0.5, 0.6) is 0 Å². The van der Waals surface area contributed by atoms with E-state index in [1.165, 1.54) is 28.0 Å². The molecule has 0 fully saturated rings. The van der Waals surface area contributed by atoms with Gasteiger partial charge in [-0.3, -0.25) is 4.57 Å². The Morgan fingerprint density at radius 1 is 1.21 bits per heavy atom. The van der Waals surface area contributed by atoms with Crippen molar-refractivity contribution in [2.75, 3.05) is 12.8 Å². The summed E-state index contributed by atoms with van der Waals surface area (Å²) in [4.78, 5) is 14.0. The van der Waals surface area contributed by atoms with Crippen molar-refractivity contribution in [2.24, 2.45) is 5.73 Å². The SMILES string of the molecule is CS(=O)(=O)c1ccc(-c2ccc(Cn3c(CC(CN)=C(F)F)n[nH]c3=O)s2)cc1. The average molecular weight is 440 g/mol. The molecule has 0 saturated carbocycles. The molecule has 0 bridgehead atoms. The van der Waals surface area contributed by atoms with Crippen LogP contribution in [-0.4, -0.2) is 36.0 Å². The van der Waals surface area contributed by atoms with Crippen molar-refractivity contribution in [3.05, 3.63) is 69.2 Å². The fraction of sp³-hybridized carbons (Fsp3) is 0.222. The molecular weight excluding hydrogens is 422 g/mol. The lowest BCUT2D eigenvalue weighted by molar-refractivity contribution is 0.407. The molecule has 3 rings (SSSR count). The van der Waals surface area contributed by atoms with Crippen molar-refractivity contribution in [3.63, 3.8) is 0 Å². The monoisotopic (exact) mass is 440 g/mol. The quantitative estimate of drug-likeness (QED) is 0.586. The molecule has 0 aliphatic heterocycles. The predicted octanol–water partition coefficient (Wildman–Crippen LogP) is 2.40. The summed E-state index contributed by atoms with van der Waals surface area (Å²) in [6.45, 7) is -0.154. The van der Waals surface area contributed by atoms with Crippen LogP contribution in [0.3, 0.4) is 0 Å². The Morgan fingerprint density at radius 2 is 1.90 bits per heavy atom. The second-order valence-electron chi connectivity index (χ2n) is 6.34. The summed E-state index contributed by atoms with van der Waals surface area (Å²) in [7, 11) is -3.27. The van der Waals surface area contributed by atoms with Gasteiger partial charge in [0.2, 0.25) is 0 Å². The minimum absolute atomic E-state index is 0.169. The molecule has 3 aromatic rings. The summed E-state index contributed by atoms with van der Waals surface area (Å²) in [5.74, 6) is 0.177. The highest BCUT2D eigenvalue weighted by molar-refractivity contribution is 7.90. The summed E-state index contributed by atoms with van der Waals surface area (Å²) in [6, 6.07) is 10.2. The van der Waals surface area contributed by atoms with Gasteiger partial charge in [-0.1, -0.05) is 12.1 Å². The number of nitrogens with zero attached hydrogens (tertiary/aromatic N) is 2. The summed E-state index contributed by atoms with van der Waals surface area (Å²) in [6.07, 6.45) is -0.945. The van der Waals surface area contributed by atoms with Gasteiger partial charge in [-0.05, 0) is 29.8 Å². The molecule has 3 N–H and O–H groups in total. The third kappa shape index (κ3) is 4.86. The number of thiophene rings is 1. The zero-order valence-electron chi connectivity index (χ0n) is 15.4. The van der Waals surface area contributed by atoms with Gasteiger partial charge in [0.05, 0.1) is 11.4 Å². The summed E-state index contributed by atoms with van der Waals surface area (Å²) < 4.78 is 50.2. The maximum atomic E-state index is 12.9. The number of nitrogens with two attached hydrogens (primary N) is 1. The number of aromatic amines is 1. The molecule has 0 spiro atoms. The highest BCUT2D eigenvalue weighted by Gasteiger charge is 2.15. The Bertz CT molecular complexity index is 1200. The van der Waals surface area contributed by atoms with Gasteiger partial charge >= 0.3 is 5.69 Å². The molecule has 11 heteroatoms. The molecular formula is C18H18F2N4O3S2. The van der Waals surface area contributed by atoms with E-state index in [0.29, 0.717) is 0 Å². The molecule has 2 aromatic heterocycles. The number of nitrogens with one attached hydrogen (secondary N) is 1. The average Bonchev–Trinajstić information content (AvgIpc) is 3.27. The van der Waals surface area contributed by atoms with E-state index >= 15 is 0 Å². The number of rotatable bonds is 7. The maximum absolute atomic E-state index is 12.9. The Labute approximate surface area is 169 Å². The zero-order chi connectivity index (χ0) is 21.2. The Hall–Kier alpha value is -2.63. The van der Waals surface area contributed by atoms with Crippen LogP contribution in [0.15, 0.2) is 57.7 Å². The molecule has 0 unspecified atom stereocenters. The number of H-pyrrole nitrogens is 1. The summed E-state index contributed by atoms with van der Waals surface area (Å²) >= 11 is 1.41. The Kier molecular flexibility index (Phi) is 6.10. The minimum Gasteiger partial charge on any atom is -0.327 e. The van der Waals surface area contributed by atoms with Gasteiger partial charge in [-0.25, -0.2) is 18.3 Å². The second kappa shape index (κ2) is 8.39. The first kappa shape index (κ1) is 21.1. The predicted molar refractivity (Wildman–Crippen MR) is 107 cm³/mol. The normalized spacial score (nSPS) is 11.6. The van der Waals surface area contributed by atoms with E-state index in [2.05, 4.69) is 10.2 Å². The van der Waals surface area contributed by atoms with Crippen LogP contribution in [0, 0.1) is 0 Å². The van der Waals surface area contributed by atoms with Crippen LogP contribution >= 0.6 is 11.3 Å². The Morgan fingerprint density at radius 3 is 2.48 bits per heavy atom. The van der Waals surface area contributed by atoms with Crippen molar-refractivity contribution in [3.8, 4) is 10.4 Å². The highest BCUT2D eigenvalue weighted by Crippen LogP contribution is 2.29. The standard InChI is InChI=1S/C18H18F2N4O3S2/c1-29(26,27)14-5-2-11(3-6-14)15-7-4-13(28-15)10-24-16(22-23-18(24)25)8-12(9-21)17(19)20/h2-7H,8-10,21H2,1H3,(H,23,25). The first-order valence-corrected chi connectivity index (χ1v) is 11.2. The highest BCUT2D eigenvalue weighted by atomic mass is 32.2. The van der Waals surface area contributed by atoms with Crippen molar-refractivity contribution < 1.29 is 17.2 Å². The first-order chi connectivity index (χ1) is 13.7. The van der Waals surface area contributed by atoms with E-state index in [1.54, 1.807) is 12.1 Å². The van der Waals surface area contributed by atoms with Crippen LogP contribution in [-0.2, 0) is 22.8 Å². The lowest BCUT2D eigenvalue weighted by Gasteiger charge is -2.06. The lowest BCUT2D eigenvalue weighted by Crippen LogP contribution is -2.20. The summed E-state index contributed by atoms with van der Waals surface area (Å²) in [5.41, 5.74) is 5.40. The fourth-order valence-electron chi connectivity index (χ4n) is 2.70. The number of aromatic nitrogens is 3. The van der Waals surface area contributed by atoms with Gasteiger partial charge in [-0.15, -0.1) is 11.3 Å². The van der Waals surface area contributed by atoms with Crippen LogP contribution in [0.25, 0.3) is 10.4 Å². The van der Waals surface area contributed by atoms with Crippen LogP contribution in [0.1, 0.15) is 10.7 Å². The second-order valence-corrected chi connectivity index (χ2v) is 9.52. The molecule has 0 atom stereocenters. The van der Waals surface area contributed by atoms with Crippen molar-refractivity contribution >= 4 is 21.2 Å². The third-order valence-electron chi connectivity index (χ3n) is 4.27. The molecule has 0 radical (unpaired) electrons. The molecule has 0 aliphatic carbocycles. The Balaban J connectivity index is 1.83. The van der Waals surface area contributed by atoms with E-state index in [0.717, 1.165) is 21.6 Å². The van der Waals surface area contributed by atoms with Gasteiger partial charge in [0.25, 0.3) is 6.08 Å². The molecule has 0 aliphatic rings. The number of benzene rings is 1. The molecule has 1 aromatic carbocycles. The van der Waals surface area contributed by atoms with Crippen LogP contribution < -0.4 is 11.4 Å². The number of sulfone groups is 1. The van der Waals surface area contributed by atoms with Gasteiger partial charge in [0, 0.05) is 34.5 Å². The molecule has 7 nitrogen and oxygen atoms in total. The van der Waals surface area contributed by atoms with Gasteiger partial charge < -0.3 is 5.73 Å². The van der Waals surface area contributed by atoms with Gasteiger partial charge in [0.1, 0.15) is 5.82 Å². The molecule has 0 amide bonds. The number of hydrogen-bond acceptors (Lipinski definition) is 6. The smallest absolute Gasteiger partial charge is 0.327 e. The van der Waals surface area contributed by atoms with E-state index in [-0.39, 0.29) is 35.8 Å². The molecule has 2 heterocycles. The van der Waals surface area contributed by atoms with E-state index in [4.69, 9.17) is 5.73 Å². The van der Waals surface area contributed by atoms with Crippen LogP contribution in [0.2, 0.25) is 0 Å². The van der Waals surface area contributed by atoms with Crippen molar-refractivity contribution in [1.29, 1.82) is 0 Å². The number of hydrogen-bond donors (Lipinski definition) is 2. The minimum atomic E-state index is -3.27. The van der Waals surface area contributed by atoms with Gasteiger partial charge in [-0.2, -0.15) is 13.9 Å². The van der Waals surface area contributed by atoms with E-state index < -0.39 is 21.6 Å². The topological polar surface area (TPSA) is 111 Å². The molecule has 29 heavy (non-hydrogen) atoms. The third-order valence-corrected chi connectivity index (χ3v) is 6.51. The summed E-state index contributed by atoms with van der Waals surface area (Å²) in [5, 5.41) is 6.11. The first-order valence-electron chi connectivity index (χ1n) is 8.45. The fourth-order valence-corrected chi connectivity index (χ4v) is 4.33. The lowest BCUT2D eigenvalue weighted by atomic mass is 10.2. The van der Waals surface area contributed by atoms with E-state index in [9.17, 15) is 22.0 Å². The van der Waals surface area contributed by atoms with E-state index in [1.807, 2.05) is 12.1 Å². The zero-order valence-corrected chi connectivity index (χ0v) is 17.0. The molecule has 154 valence electrons. The maximum Gasteiger partial charge on any atom is 0.343 e. The van der Waals surface area contributed by atoms with Crippen molar-refractivity contribution in [1.82, 2.24) is 14.8 Å². The van der Waals surface area contributed by atoms with Crippen molar-refractivity contribution in [2.45, 2.75) is 17.9 Å². The molecule has 0 saturated heterocycles. The van der Waals surface area contributed by atoms with Crippen LogP contribution in [0.4, 0.5) is 8.78 Å².